The number of nitrogens with one attached hydrogen (secondary N) is 1. The maximum atomic E-state index is 12.6. The molecule has 1 aliphatic rings. The van der Waals surface area contributed by atoms with Crippen LogP contribution < -0.4 is 5.32 Å². The van der Waals surface area contributed by atoms with Crippen LogP contribution >= 0.6 is 8.53 Å². The number of aromatic nitrogens is 4. The summed E-state index contributed by atoms with van der Waals surface area (Å²) < 4.78 is 22.1. The van der Waals surface area contributed by atoms with E-state index in [1.165, 1.54) is 6.33 Å². The number of aliphatic hydroxyl groups is 1. The molecule has 3 heterocycles. The van der Waals surface area contributed by atoms with Crippen LogP contribution in [0, 0.1) is 11.3 Å². The van der Waals surface area contributed by atoms with E-state index in [-0.39, 0.29) is 43.4 Å². The lowest BCUT2D eigenvalue weighted by atomic mass is 10.2. The highest BCUT2D eigenvalue weighted by Crippen LogP contribution is 2.47. The number of nitrogens with zero attached hydrogens (tertiary/aromatic N) is 6. The Labute approximate surface area is 228 Å². The highest BCUT2D eigenvalue weighted by molar-refractivity contribution is 7.44. The average Bonchev–Trinajstić information content (AvgIpc) is 3.51. The third-order valence-electron chi connectivity index (χ3n) is 6.15. The molecule has 1 saturated heterocycles. The first kappa shape index (κ1) is 29.0. The summed E-state index contributed by atoms with van der Waals surface area (Å²) in [6.45, 7) is 8.62. The summed E-state index contributed by atoms with van der Waals surface area (Å²) >= 11 is 0. The number of aliphatic hydroxyl groups excluding tert-OH is 1. The van der Waals surface area contributed by atoms with Crippen molar-refractivity contribution in [1.82, 2.24) is 24.2 Å². The molecule has 0 bridgehead atoms. The smallest absolute Gasteiger partial charge is 0.259 e. The van der Waals surface area contributed by atoms with Crippen molar-refractivity contribution < 1.29 is 23.7 Å². The lowest BCUT2D eigenvalue weighted by molar-refractivity contribution is -0.0406. The Balaban J connectivity index is 1.45. The molecule has 13 heteroatoms. The number of nitriles is 1. The zero-order chi connectivity index (χ0) is 27.9. The Kier molecular flexibility index (Phi) is 9.91. The van der Waals surface area contributed by atoms with Crippen LogP contribution in [-0.2, 0) is 13.8 Å². The van der Waals surface area contributed by atoms with E-state index in [4.69, 9.17) is 19.0 Å². The van der Waals surface area contributed by atoms with Crippen LogP contribution in [0.1, 0.15) is 57.1 Å². The maximum Gasteiger partial charge on any atom is 0.259 e. The summed E-state index contributed by atoms with van der Waals surface area (Å²) in [5, 5.41) is 22.5. The van der Waals surface area contributed by atoms with Crippen LogP contribution in [0.3, 0.4) is 0 Å². The number of carbonyl (C=O) groups is 1. The van der Waals surface area contributed by atoms with Gasteiger partial charge in [0.05, 0.1) is 38.1 Å². The number of ether oxygens (including phenoxy) is 1. The van der Waals surface area contributed by atoms with Gasteiger partial charge in [-0.2, -0.15) is 5.26 Å². The number of anilines is 1. The first-order chi connectivity index (χ1) is 18.8. The zero-order valence-corrected chi connectivity index (χ0v) is 23.4. The van der Waals surface area contributed by atoms with Gasteiger partial charge in [0, 0.05) is 24.1 Å². The van der Waals surface area contributed by atoms with Crippen LogP contribution in [0.4, 0.5) is 5.82 Å². The molecule has 0 spiro atoms. The lowest BCUT2D eigenvalue weighted by Gasteiger charge is -2.36. The minimum atomic E-state index is -1.46. The molecule has 3 aromatic rings. The minimum absolute atomic E-state index is 0.117. The number of imidazole rings is 1. The fourth-order valence-corrected chi connectivity index (χ4v) is 6.03. The molecule has 1 aliphatic heterocycles. The Morgan fingerprint density at radius 3 is 2.67 bits per heavy atom. The van der Waals surface area contributed by atoms with Crippen molar-refractivity contribution >= 4 is 31.4 Å². The van der Waals surface area contributed by atoms with Crippen LogP contribution in [-0.4, -0.2) is 72.7 Å². The van der Waals surface area contributed by atoms with E-state index in [2.05, 4.69) is 58.7 Å². The first-order valence-electron chi connectivity index (χ1n) is 12.9. The van der Waals surface area contributed by atoms with Crippen LogP contribution in [0.25, 0.3) is 11.2 Å². The molecule has 1 aromatic carbocycles. The van der Waals surface area contributed by atoms with E-state index in [9.17, 15) is 9.90 Å². The highest BCUT2D eigenvalue weighted by atomic mass is 31.2. The maximum absolute atomic E-state index is 12.6. The largest absolute Gasteiger partial charge is 0.390 e. The van der Waals surface area contributed by atoms with Gasteiger partial charge >= 0.3 is 0 Å². The molecular weight excluding hydrogens is 521 g/mol. The number of fused-ring (bicyclic) bond motifs is 1. The molecule has 0 aliphatic carbocycles. The van der Waals surface area contributed by atoms with Crippen molar-refractivity contribution in [2.45, 2.75) is 71.1 Å². The van der Waals surface area contributed by atoms with Crippen molar-refractivity contribution in [2.24, 2.45) is 0 Å². The number of rotatable bonds is 12. The van der Waals surface area contributed by atoms with Gasteiger partial charge in [-0.3, -0.25) is 9.36 Å². The van der Waals surface area contributed by atoms with Crippen LogP contribution in [0.5, 0.6) is 0 Å². The molecule has 208 valence electrons. The van der Waals surface area contributed by atoms with Gasteiger partial charge in [0.1, 0.15) is 18.7 Å². The molecule has 2 aromatic heterocycles. The van der Waals surface area contributed by atoms with Crippen molar-refractivity contribution in [2.75, 3.05) is 18.5 Å². The summed E-state index contributed by atoms with van der Waals surface area (Å²) in [5.41, 5.74) is 1.39. The first-order valence-corrected chi connectivity index (χ1v) is 14.0. The summed E-state index contributed by atoms with van der Waals surface area (Å²) in [4.78, 5) is 25.6. The predicted molar refractivity (Wildman–Crippen MR) is 145 cm³/mol. The second-order valence-corrected chi connectivity index (χ2v) is 11.1. The van der Waals surface area contributed by atoms with Gasteiger partial charge in [-0.15, -0.1) is 0 Å². The zero-order valence-electron chi connectivity index (χ0n) is 22.5. The fraction of sp³-hybridized carbons (Fsp3) is 0.500. The van der Waals surface area contributed by atoms with Gasteiger partial charge in [-0.1, -0.05) is 18.2 Å². The third kappa shape index (κ3) is 6.94. The summed E-state index contributed by atoms with van der Waals surface area (Å²) in [7, 11) is -1.46. The second-order valence-electron chi connectivity index (χ2n) is 9.64. The van der Waals surface area contributed by atoms with Crippen molar-refractivity contribution in [3.8, 4) is 6.07 Å². The van der Waals surface area contributed by atoms with E-state index >= 15 is 0 Å². The summed E-state index contributed by atoms with van der Waals surface area (Å²) in [5.74, 6) is -0.0196. The Hall–Kier alpha value is -3.04. The van der Waals surface area contributed by atoms with Crippen molar-refractivity contribution in [3.05, 3.63) is 48.5 Å². The highest BCUT2D eigenvalue weighted by Gasteiger charge is 2.38. The Bertz CT molecular complexity index is 1270. The number of hydrogen-bond acceptors (Lipinski definition) is 10. The molecule has 1 unspecified atom stereocenters. The van der Waals surface area contributed by atoms with Gasteiger partial charge < -0.3 is 24.2 Å². The van der Waals surface area contributed by atoms with E-state index < -0.39 is 27.0 Å². The van der Waals surface area contributed by atoms with Gasteiger partial charge in [0.15, 0.2) is 17.0 Å². The molecule has 1 amide bonds. The van der Waals surface area contributed by atoms with E-state index in [1.54, 1.807) is 35.2 Å². The van der Waals surface area contributed by atoms with Gasteiger partial charge in [-0.25, -0.2) is 19.6 Å². The molecular formula is C26H34N7O5P. The van der Waals surface area contributed by atoms with Gasteiger partial charge in [0.25, 0.3) is 14.4 Å². The number of hydrogen-bond donors (Lipinski definition) is 2. The molecule has 39 heavy (non-hydrogen) atoms. The summed E-state index contributed by atoms with van der Waals surface area (Å²) in [6, 6.07) is 11.2. The van der Waals surface area contributed by atoms with Crippen LogP contribution in [0.15, 0.2) is 43.0 Å². The quantitative estimate of drug-likeness (QED) is 0.248. The number of benzene rings is 1. The molecule has 2 N–H and O–H groups in total. The van der Waals surface area contributed by atoms with Gasteiger partial charge in [-0.05, 0) is 39.8 Å². The van der Waals surface area contributed by atoms with E-state index in [0.29, 0.717) is 23.1 Å². The Morgan fingerprint density at radius 2 is 1.97 bits per heavy atom. The average molecular weight is 556 g/mol. The number of amides is 1. The molecule has 12 nitrogen and oxygen atoms in total. The monoisotopic (exact) mass is 555 g/mol. The molecule has 0 saturated carbocycles. The third-order valence-corrected chi connectivity index (χ3v) is 8.23. The van der Waals surface area contributed by atoms with E-state index in [0.717, 1.165) is 0 Å². The standard InChI is InChI=1S/C26H34N7O5P/c1-17(2)33(18(3)4)39(36-12-8-11-27)37-14-21-20(34)13-22(38-21)32-16-30-23-24(28-15-29-25(23)32)31-26(35)19-9-6-5-7-10-19/h5-7,9-10,15-18,20-22,34H,8,12-14H2,1-4H3,(H,28,29,31,35)/t20-,21+,22+,39?/m0/s1. The molecule has 0 radical (unpaired) electrons. The Morgan fingerprint density at radius 1 is 1.23 bits per heavy atom. The molecule has 4 atom stereocenters. The van der Waals surface area contributed by atoms with E-state index in [1.807, 2.05) is 6.07 Å². The van der Waals surface area contributed by atoms with Crippen LogP contribution in [0.2, 0.25) is 0 Å². The lowest BCUT2D eigenvalue weighted by Crippen LogP contribution is -2.35. The number of carbonyl (C=O) groups excluding carboxylic acids is 1. The fourth-order valence-electron chi connectivity index (χ4n) is 4.41. The normalized spacial score (nSPS) is 20.1. The molecule has 4 rings (SSSR count). The minimum Gasteiger partial charge on any atom is -0.390 e. The molecule has 1 fully saturated rings. The summed E-state index contributed by atoms with van der Waals surface area (Å²) in [6.07, 6.45) is 1.57. The van der Waals surface area contributed by atoms with Crippen molar-refractivity contribution in [1.29, 1.82) is 5.26 Å². The SMILES string of the molecule is CC(C)N(C(C)C)P(OCCC#N)OC[C@H]1O[C@@H](n2cnc3c(NC(=O)c4ccccc4)ncnc32)C[C@@H]1O. The second kappa shape index (κ2) is 13.3. The van der Waals surface area contributed by atoms with Crippen molar-refractivity contribution in [3.63, 3.8) is 0 Å². The topological polar surface area (TPSA) is 148 Å². The van der Waals surface area contributed by atoms with Gasteiger partial charge in [0.2, 0.25) is 0 Å². The predicted octanol–water partition coefficient (Wildman–Crippen LogP) is 4.02.